The van der Waals surface area contributed by atoms with E-state index >= 15 is 0 Å². The van der Waals surface area contributed by atoms with Gasteiger partial charge in [-0.25, -0.2) is 4.79 Å². The van der Waals surface area contributed by atoms with Gasteiger partial charge < -0.3 is 14.4 Å². The van der Waals surface area contributed by atoms with Gasteiger partial charge in [-0.15, -0.1) is 0 Å². The lowest BCUT2D eigenvalue weighted by Crippen LogP contribution is -2.39. The topological polar surface area (TPSA) is 38.8 Å². The SMILES string of the molecule is CC(C)(C)OC(=O)N1CCc2cccc3c2C(CO3)C1. The van der Waals surface area contributed by atoms with Crippen LogP contribution in [0.1, 0.15) is 37.8 Å². The van der Waals surface area contributed by atoms with Crippen molar-refractivity contribution in [3.8, 4) is 5.75 Å². The van der Waals surface area contributed by atoms with E-state index in [1.807, 2.05) is 37.8 Å². The number of rotatable bonds is 0. The van der Waals surface area contributed by atoms with Gasteiger partial charge in [0.25, 0.3) is 0 Å². The van der Waals surface area contributed by atoms with Crippen molar-refractivity contribution < 1.29 is 14.3 Å². The third-order valence-electron chi connectivity index (χ3n) is 3.75. The van der Waals surface area contributed by atoms with Crippen molar-refractivity contribution in [2.24, 2.45) is 0 Å². The first kappa shape index (κ1) is 13.3. The Labute approximate surface area is 119 Å². The first-order valence-electron chi connectivity index (χ1n) is 7.16. The monoisotopic (exact) mass is 275 g/mol. The summed E-state index contributed by atoms with van der Waals surface area (Å²) in [4.78, 5) is 14.1. The number of hydrogen-bond acceptors (Lipinski definition) is 3. The maximum atomic E-state index is 12.3. The van der Waals surface area contributed by atoms with Gasteiger partial charge in [0.1, 0.15) is 11.4 Å². The van der Waals surface area contributed by atoms with Crippen molar-refractivity contribution in [3.63, 3.8) is 0 Å². The first-order chi connectivity index (χ1) is 9.44. The van der Waals surface area contributed by atoms with Gasteiger partial charge in [0.05, 0.1) is 6.61 Å². The smallest absolute Gasteiger partial charge is 0.410 e. The Morgan fingerprint density at radius 2 is 2.20 bits per heavy atom. The molecule has 0 aromatic heterocycles. The van der Waals surface area contributed by atoms with Crippen LogP contribution in [0.3, 0.4) is 0 Å². The van der Waals surface area contributed by atoms with Crippen LogP contribution < -0.4 is 4.74 Å². The molecule has 1 amide bonds. The molecule has 0 fully saturated rings. The standard InChI is InChI=1S/C16H21NO3/c1-16(2,3)20-15(18)17-8-7-11-5-4-6-13-14(11)12(9-17)10-19-13/h4-6,12H,7-10H2,1-3H3. The molecule has 0 N–H and O–H groups in total. The van der Waals surface area contributed by atoms with Crippen molar-refractivity contribution in [1.82, 2.24) is 4.90 Å². The Morgan fingerprint density at radius 3 is 2.95 bits per heavy atom. The molecule has 1 unspecified atom stereocenters. The molecule has 0 radical (unpaired) electrons. The van der Waals surface area contributed by atoms with Crippen LogP contribution in [0.25, 0.3) is 0 Å². The van der Waals surface area contributed by atoms with Crippen LogP contribution in [0.15, 0.2) is 18.2 Å². The summed E-state index contributed by atoms with van der Waals surface area (Å²) < 4.78 is 11.2. The van der Waals surface area contributed by atoms with E-state index in [1.54, 1.807) is 0 Å². The third kappa shape index (κ3) is 2.47. The van der Waals surface area contributed by atoms with Crippen molar-refractivity contribution in [1.29, 1.82) is 0 Å². The van der Waals surface area contributed by atoms with E-state index in [0.29, 0.717) is 19.7 Å². The zero-order valence-corrected chi connectivity index (χ0v) is 12.3. The molecule has 1 aromatic rings. The number of ether oxygens (including phenoxy) is 2. The molecule has 4 heteroatoms. The minimum atomic E-state index is -0.451. The maximum Gasteiger partial charge on any atom is 0.410 e. The summed E-state index contributed by atoms with van der Waals surface area (Å²) in [7, 11) is 0. The molecule has 2 heterocycles. The first-order valence-corrected chi connectivity index (χ1v) is 7.16. The van der Waals surface area contributed by atoms with Gasteiger partial charge >= 0.3 is 6.09 Å². The summed E-state index contributed by atoms with van der Waals surface area (Å²) in [5, 5.41) is 0. The molecular weight excluding hydrogens is 254 g/mol. The van der Waals surface area contributed by atoms with Crippen molar-refractivity contribution >= 4 is 6.09 Å². The van der Waals surface area contributed by atoms with Crippen LogP contribution in [-0.4, -0.2) is 36.3 Å². The Bertz CT molecular complexity index is 533. The second kappa shape index (κ2) is 4.69. The number of amides is 1. The summed E-state index contributed by atoms with van der Waals surface area (Å²) in [6, 6.07) is 6.18. The second-order valence-electron chi connectivity index (χ2n) is 6.51. The van der Waals surface area contributed by atoms with E-state index in [1.165, 1.54) is 11.1 Å². The molecule has 0 saturated carbocycles. The zero-order valence-electron chi connectivity index (χ0n) is 12.3. The van der Waals surface area contributed by atoms with Gasteiger partial charge in [0, 0.05) is 24.6 Å². The fourth-order valence-corrected chi connectivity index (χ4v) is 2.92. The second-order valence-corrected chi connectivity index (χ2v) is 6.51. The van der Waals surface area contributed by atoms with Crippen LogP contribution in [0.5, 0.6) is 5.75 Å². The van der Waals surface area contributed by atoms with Gasteiger partial charge in [0.2, 0.25) is 0 Å². The van der Waals surface area contributed by atoms with E-state index in [2.05, 4.69) is 6.07 Å². The highest BCUT2D eigenvalue weighted by Crippen LogP contribution is 2.39. The number of carbonyl (C=O) groups excluding carboxylic acids is 1. The fourth-order valence-electron chi connectivity index (χ4n) is 2.92. The van der Waals surface area contributed by atoms with E-state index < -0.39 is 5.60 Å². The summed E-state index contributed by atoms with van der Waals surface area (Å²) in [6.07, 6.45) is 0.640. The van der Waals surface area contributed by atoms with Crippen LogP contribution >= 0.6 is 0 Å². The van der Waals surface area contributed by atoms with Crippen LogP contribution in [0.2, 0.25) is 0 Å². The predicted octanol–water partition coefficient (Wildman–Crippen LogP) is 2.96. The van der Waals surface area contributed by atoms with E-state index in [4.69, 9.17) is 9.47 Å². The maximum absolute atomic E-state index is 12.3. The molecular formula is C16H21NO3. The molecule has 0 aliphatic carbocycles. The molecule has 1 atom stereocenters. The molecule has 20 heavy (non-hydrogen) atoms. The predicted molar refractivity (Wildman–Crippen MR) is 76.2 cm³/mol. The summed E-state index contributed by atoms with van der Waals surface area (Å²) in [5.41, 5.74) is 2.14. The molecule has 108 valence electrons. The van der Waals surface area contributed by atoms with Crippen molar-refractivity contribution in [2.75, 3.05) is 19.7 Å². The zero-order chi connectivity index (χ0) is 14.3. The van der Waals surface area contributed by atoms with E-state index in [9.17, 15) is 4.79 Å². The number of hydrogen-bond donors (Lipinski definition) is 0. The van der Waals surface area contributed by atoms with Gasteiger partial charge in [-0.2, -0.15) is 0 Å². The highest BCUT2D eigenvalue weighted by atomic mass is 16.6. The Hall–Kier alpha value is -1.71. The number of carbonyl (C=O) groups is 1. The van der Waals surface area contributed by atoms with Gasteiger partial charge in [-0.1, -0.05) is 12.1 Å². The molecule has 4 nitrogen and oxygen atoms in total. The molecule has 2 aliphatic heterocycles. The lowest BCUT2D eigenvalue weighted by Gasteiger charge is -2.27. The molecule has 1 aromatic carbocycles. The molecule has 0 spiro atoms. The van der Waals surface area contributed by atoms with E-state index in [-0.39, 0.29) is 12.0 Å². The summed E-state index contributed by atoms with van der Waals surface area (Å²) in [6.45, 7) is 7.74. The Kier molecular flexibility index (Phi) is 3.11. The average molecular weight is 275 g/mol. The minimum absolute atomic E-state index is 0.223. The Morgan fingerprint density at radius 1 is 1.40 bits per heavy atom. The third-order valence-corrected chi connectivity index (χ3v) is 3.75. The van der Waals surface area contributed by atoms with E-state index in [0.717, 1.165) is 12.2 Å². The lowest BCUT2D eigenvalue weighted by atomic mass is 9.96. The highest BCUT2D eigenvalue weighted by molar-refractivity contribution is 5.68. The lowest BCUT2D eigenvalue weighted by molar-refractivity contribution is 0.0242. The number of benzene rings is 1. The Balaban J connectivity index is 1.80. The highest BCUT2D eigenvalue weighted by Gasteiger charge is 2.34. The molecule has 0 bridgehead atoms. The molecule has 2 aliphatic rings. The van der Waals surface area contributed by atoms with Gasteiger partial charge in [-0.05, 0) is 38.8 Å². The van der Waals surface area contributed by atoms with Crippen LogP contribution in [0.4, 0.5) is 4.79 Å². The average Bonchev–Trinajstić information content (AvgIpc) is 2.65. The van der Waals surface area contributed by atoms with Crippen molar-refractivity contribution in [3.05, 3.63) is 29.3 Å². The molecule has 0 saturated heterocycles. The summed E-state index contributed by atoms with van der Waals surface area (Å²) >= 11 is 0. The van der Waals surface area contributed by atoms with Gasteiger partial charge in [0.15, 0.2) is 0 Å². The fraction of sp³-hybridized carbons (Fsp3) is 0.562. The number of nitrogens with zero attached hydrogens (tertiary/aromatic N) is 1. The van der Waals surface area contributed by atoms with Crippen LogP contribution in [-0.2, 0) is 11.2 Å². The quantitative estimate of drug-likeness (QED) is 0.730. The van der Waals surface area contributed by atoms with Crippen LogP contribution in [0, 0.1) is 0 Å². The van der Waals surface area contributed by atoms with Crippen molar-refractivity contribution in [2.45, 2.75) is 38.7 Å². The largest absolute Gasteiger partial charge is 0.493 e. The van der Waals surface area contributed by atoms with Gasteiger partial charge in [-0.3, -0.25) is 0 Å². The summed E-state index contributed by atoms with van der Waals surface area (Å²) in [5.74, 6) is 1.26. The molecule has 3 rings (SSSR count). The normalized spacial score (nSPS) is 20.9. The minimum Gasteiger partial charge on any atom is -0.493 e.